The molecule has 2 nitrogen and oxygen atoms in total. The molecule has 0 unspecified atom stereocenters. The van der Waals surface area contributed by atoms with Crippen molar-refractivity contribution in [2.45, 2.75) is 44.7 Å². The number of carbonyl (C=O) groups is 1. The summed E-state index contributed by atoms with van der Waals surface area (Å²) in [5.41, 5.74) is 2.56. The van der Waals surface area contributed by atoms with Crippen LogP contribution in [0.4, 0.5) is 0 Å². The number of hydrogen-bond acceptors (Lipinski definition) is 2. The van der Waals surface area contributed by atoms with Crippen LogP contribution in [0.15, 0.2) is 11.3 Å². The van der Waals surface area contributed by atoms with Gasteiger partial charge < -0.3 is 4.90 Å². The minimum absolute atomic E-state index is 0.427. The van der Waals surface area contributed by atoms with Crippen LogP contribution in [0, 0.1) is 0 Å². The lowest BCUT2D eigenvalue weighted by molar-refractivity contribution is -0.116. The molecule has 2 atom stereocenters. The van der Waals surface area contributed by atoms with Gasteiger partial charge in [-0.05, 0) is 26.2 Å². The topological polar surface area (TPSA) is 20.1 Å². The number of nitrogens with zero attached hydrogens (tertiary/aromatic N) is 1. The summed E-state index contributed by atoms with van der Waals surface area (Å²) in [5.74, 6) is 0.427. The molecular formula is C10H13NO. The van der Waals surface area contributed by atoms with Crippen LogP contribution in [-0.4, -0.2) is 22.8 Å². The Balaban J connectivity index is 1.99. The lowest BCUT2D eigenvalue weighted by Gasteiger charge is -2.16. The second kappa shape index (κ2) is 1.93. The molecule has 1 saturated heterocycles. The van der Waals surface area contributed by atoms with Crippen LogP contribution >= 0.6 is 0 Å². The van der Waals surface area contributed by atoms with E-state index >= 15 is 0 Å². The summed E-state index contributed by atoms with van der Waals surface area (Å²) in [4.78, 5) is 13.9. The molecule has 0 bridgehead atoms. The highest BCUT2D eigenvalue weighted by molar-refractivity contribution is 5.97. The summed E-state index contributed by atoms with van der Waals surface area (Å²) in [6.45, 7) is 2.26. The van der Waals surface area contributed by atoms with Gasteiger partial charge in [0.2, 0.25) is 0 Å². The number of carbonyl (C=O) groups excluding carboxylic acids is 1. The maximum absolute atomic E-state index is 11.5. The number of hydrogen-bond donors (Lipinski definition) is 0. The predicted molar refractivity (Wildman–Crippen MR) is 45.6 cm³/mol. The first kappa shape index (κ1) is 6.70. The summed E-state index contributed by atoms with van der Waals surface area (Å²) in [6.07, 6.45) is 4.08. The van der Waals surface area contributed by atoms with E-state index < -0.39 is 0 Å². The van der Waals surface area contributed by atoms with E-state index in [9.17, 15) is 4.79 Å². The fraction of sp³-hybridized carbons (Fsp3) is 0.700. The number of Topliss-reactive ketones (excluding diaryl/α,β-unsaturated/α-hetero) is 1. The Bertz CT molecular complexity index is 292. The van der Waals surface area contributed by atoms with Gasteiger partial charge in [-0.1, -0.05) is 0 Å². The van der Waals surface area contributed by atoms with Crippen LogP contribution in [0.25, 0.3) is 0 Å². The first-order chi connectivity index (χ1) is 5.79. The van der Waals surface area contributed by atoms with Crippen molar-refractivity contribution in [3.05, 3.63) is 11.3 Å². The summed E-state index contributed by atoms with van der Waals surface area (Å²) in [6, 6.07) is 1.44. The fourth-order valence-corrected chi connectivity index (χ4v) is 2.73. The lowest BCUT2D eigenvalue weighted by atomic mass is 9.93. The highest BCUT2D eigenvalue weighted by Gasteiger charge is 2.52. The molecule has 0 amide bonds. The third kappa shape index (κ3) is 0.637. The van der Waals surface area contributed by atoms with Crippen LogP contribution in [-0.2, 0) is 4.79 Å². The summed E-state index contributed by atoms with van der Waals surface area (Å²) in [5, 5.41) is 0. The Morgan fingerprint density at radius 3 is 3.08 bits per heavy atom. The maximum Gasteiger partial charge on any atom is 0.160 e. The van der Waals surface area contributed by atoms with E-state index in [2.05, 4.69) is 11.8 Å². The van der Waals surface area contributed by atoms with E-state index in [0.29, 0.717) is 11.8 Å². The summed E-state index contributed by atoms with van der Waals surface area (Å²) < 4.78 is 0. The van der Waals surface area contributed by atoms with E-state index in [1.807, 2.05) is 0 Å². The minimum Gasteiger partial charge on any atom is -0.364 e. The van der Waals surface area contributed by atoms with Gasteiger partial charge in [-0.25, -0.2) is 0 Å². The molecule has 2 heteroatoms. The first-order valence-corrected chi connectivity index (χ1v) is 4.82. The zero-order valence-corrected chi connectivity index (χ0v) is 7.34. The number of ketones is 1. The zero-order valence-electron chi connectivity index (χ0n) is 7.34. The van der Waals surface area contributed by atoms with Gasteiger partial charge in [-0.3, -0.25) is 4.79 Å². The second-order valence-corrected chi connectivity index (χ2v) is 4.12. The Labute approximate surface area is 72.2 Å². The Morgan fingerprint density at radius 1 is 1.42 bits per heavy atom. The number of allylic oxidation sites excluding steroid dienone is 1. The Kier molecular flexibility index (Phi) is 1.07. The van der Waals surface area contributed by atoms with Gasteiger partial charge in [0.1, 0.15) is 0 Å². The van der Waals surface area contributed by atoms with Crippen molar-refractivity contribution in [1.82, 2.24) is 4.90 Å². The van der Waals surface area contributed by atoms with Crippen molar-refractivity contribution < 1.29 is 4.79 Å². The molecule has 2 aliphatic heterocycles. The average molecular weight is 163 g/mol. The smallest absolute Gasteiger partial charge is 0.160 e. The standard InChI is InChI=1S/C10H13NO/c1-6-9-5-7-8(11(6)9)3-2-4-10(7)12/h6,9H,2-5H2,1H3/t6-,9-,11?/m0/s1. The molecule has 0 saturated carbocycles. The third-order valence-electron chi connectivity index (χ3n) is 3.49. The van der Waals surface area contributed by atoms with Gasteiger partial charge in [-0.2, -0.15) is 0 Å². The highest BCUT2D eigenvalue weighted by Crippen LogP contribution is 2.48. The van der Waals surface area contributed by atoms with Crippen molar-refractivity contribution in [1.29, 1.82) is 0 Å². The third-order valence-corrected chi connectivity index (χ3v) is 3.49. The zero-order chi connectivity index (χ0) is 8.29. The maximum atomic E-state index is 11.5. The first-order valence-electron chi connectivity index (χ1n) is 4.82. The van der Waals surface area contributed by atoms with Gasteiger partial charge in [0.15, 0.2) is 5.78 Å². The Morgan fingerprint density at radius 2 is 2.25 bits per heavy atom. The van der Waals surface area contributed by atoms with Crippen LogP contribution in [0.1, 0.15) is 32.6 Å². The summed E-state index contributed by atoms with van der Waals surface area (Å²) >= 11 is 0. The number of fused-ring (bicyclic) bond motifs is 2. The molecular weight excluding hydrogens is 150 g/mol. The van der Waals surface area contributed by atoms with Crippen LogP contribution in [0.3, 0.4) is 0 Å². The molecule has 0 N–H and O–H groups in total. The van der Waals surface area contributed by atoms with Crippen LogP contribution in [0.2, 0.25) is 0 Å². The van der Waals surface area contributed by atoms with Gasteiger partial charge >= 0.3 is 0 Å². The van der Waals surface area contributed by atoms with E-state index in [1.165, 1.54) is 11.3 Å². The molecule has 0 aromatic heterocycles. The van der Waals surface area contributed by atoms with Gasteiger partial charge in [-0.15, -0.1) is 0 Å². The molecule has 0 aromatic rings. The van der Waals surface area contributed by atoms with Crippen molar-refractivity contribution in [2.75, 3.05) is 0 Å². The molecule has 1 aliphatic carbocycles. The van der Waals surface area contributed by atoms with E-state index in [4.69, 9.17) is 0 Å². The van der Waals surface area contributed by atoms with E-state index in [1.54, 1.807) is 0 Å². The van der Waals surface area contributed by atoms with Gasteiger partial charge in [0.25, 0.3) is 0 Å². The van der Waals surface area contributed by atoms with Gasteiger partial charge in [0.05, 0.1) is 6.04 Å². The largest absolute Gasteiger partial charge is 0.364 e. The molecule has 3 aliphatic rings. The van der Waals surface area contributed by atoms with Crippen LogP contribution in [0.5, 0.6) is 0 Å². The molecule has 12 heavy (non-hydrogen) atoms. The van der Waals surface area contributed by atoms with E-state index in [-0.39, 0.29) is 0 Å². The normalized spacial score (nSPS) is 38.4. The van der Waals surface area contributed by atoms with E-state index in [0.717, 1.165) is 31.7 Å². The minimum atomic E-state index is 0.427. The predicted octanol–water partition coefficient (Wildman–Crippen LogP) is 1.47. The molecule has 1 fully saturated rings. The Hall–Kier alpha value is -0.790. The lowest BCUT2D eigenvalue weighted by Crippen LogP contribution is -2.14. The van der Waals surface area contributed by atoms with Crippen molar-refractivity contribution in [3.8, 4) is 0 Å². The van der Waals surface area contributed by atoms with Crippen molar-refractivity contribution in [3.63, 3.8) is 0 Å². The van der Waals surface area contributed by atoms with Crippen molar-refractivity contribution in [2.24, 2.45) is 0 Å². The van der Waals surface area contributed by atoms with Gasteiger partial charge in [0, 0.05) is 23.7 Å². The monoisotopic (exact) mass is 163 g/mol. The average Bonchev–Trinajstić information content (AvgIpc) is 2.57. The molecule has 64 valence electrons. The van der Waals surface area contributed by atoms with Crippen molar-refractivity contribution >= 4 is 5.78 Å². The molecule has 2 heterocycles. The molecule has 0 aromatic carbocycles. The SMILES string of the molecule is C[C@H]1[C@@H]2CC3=C(CCCC3=O)N12. The molecule has 0 radical (unpaired) electrons. The summed E-state index contributed by atoms with van der Waals surface area (Å²) in [7, 11) is 0. The second-order valence-electron chi connectivity index (χ2n) is 4.12. The number of rotatable bonds is 0. The quantitative estimate of drug-likeness (QED) is 0.504. The van der Waals surface area contributed by atoms with Crippen LogP contribution < -0.4 is 0 Å². The highest BCUT2D eigenvalue weighted by atomic mass is 16.1. The molecule has 3 rings (SSSR count). The molecule has 0 spiro atoms. The fourth-order valence-electron chi connectivity index (χ4n) is 2.73.